The summed E-state index contributed by atoms with van der Waals surface area (Å²) in [5, 5.41) is 3.18. The molecule has 4 nitrogen and oxygen atoms in total. The molecule has 0 saturated heterocycles. The zero-order valence-electron chi connectivity index (χ0n) is 16.0. The summed E-state index contributed by atoms with van der Waals surface area (Å²) in [7, 11) is 1.66. The molecule has 1 N–H and O–H groups in total. The predicted octanol–water partition coefficient (Wildman–Crippen LogP) is 3.98. The molecule has 0 saturated carbocycles. The van der Waals surface area contributed by atoms with Gasteiger partial charge in [0.2, 0.25) is 0 Å². The van der Waals surface area contributed by atoms with Crippen LogP contribution in [0.3, 0.4) is 0 Å². The van der Waals surface area contributed by atoms with Gasteiger partial charge in [-0.15, -0.1) is 0 Å². The van der Waals surface area contributed by atoms with Crippen LogP contribution in [0.1, 0.15) is 51.8 Å². The third-order valence-electron chi connectivity index (χ3n) is 5.63. The highest BCUT2D eigenvalue weighted by atomic mass is 16.2. The molecule has 1 heterocycles. The zero-order valence-corrected chi connectivity index (χ0v) is 16.0. The first-order chi connectivity index (χ1) is 13.6. The van der Waals surface area contributed by atoms with Gasteiger partial charge in [0.15, 0.2) is 0 Å². The quantitative estimate of drug-likeness (QED) is 0.753. The number of pyridine rings is 1. The van der Waals surface area contributed by atoms with E-state index in [2.05, 4.69) is 29.6 Å². The molecule has 1 amide bonds. The highest BCUT2D eigenvalue weighted by Crippen LogP contribution is 2.40. The number of rotatable bonds is 4. The molecule has 2 atom stereocenters. The Morgan fingerprint density at radius 3 is 2.61 bits per heavy atom. The maximum atomic E-state index is 13.0. The molecule has 4 heteroatoms. The number of hydrogen-bond donors (Lipinski definition) is 1. The highest BCUT2D eigenvalue weighted by Gasteiger charge is 2.30. The number of carbonyl (C=O) groups is 1. The van der Waals surface area contributed by atoms with Crippen LogP contribution in [0.5, 0.6) is 0 Å². The van der Waals surface area contributed by atoms with Crippen molar-refractivity contribution in [2.24, 2.45) is 7.05 Å². The molecular formula is C24H24N2O2. The second kappa shape index (κ2) is 7.85. The maximum Gasteiger partial charge on any atom is 0.263 e. The van der Waals surface area contributed by atoms with Crippen molar-refractivity contribution in [3.8, 4) is 0 Å². The first-order valence-electron chi connectivity index (χ1n) is 9.74. The van der Waals surface area contributed by atoms with E-state index in [1.807, 2.05) is 30.3 Å². The topological polar surface area (TPSA) is 51.1 Å². The Labute approximate surface area is 164 Å². The second-order valence-electron chi connectivity index (χ2n) is 7.40. The average Bonchev–Trinajstić information content (AvgIpc) is 2.74. The Morgan fingerprint density at radius 2 is 1.79 bits per heavy atom. The number of hydrogen-bond acceptors (Lipinski definition) is 2. The van der Waals surface area contributed by atoms with Crippen LogP contribution < -0.4 is 10.9 Å². The minimum atomic E-state index is -0.321. The fourth-order valence-corrected chi connectivity index (χ4v) is 4.20. The first-order valence-corrected chi connectivity index (χ1v) is 9.74. The fraction of sp³-hybridized carbons (Fsp3) is 0.250. The Balaban J connectivity index is 1.73. The van der Waals surface area contributed by atoms with Crippen molar-refractivity contribution in [2.75, 3.05) is 0 Å². The number of nitrogens with zero attached hydrogens (tertiary/aromatic N) is 1. The smallest absolute Gasteiger partial charge is 0.263 e. The van der Waals surface area contributed by atoms with E-state index in [9.17, 15) is 9.59 Å². The lowest BCUT2D eigenvalue weighted by Gasteiger charge is -2.33. The summed E-state index contributed by atoms with van der Waals surface area (Å²) in [5.41, 5.74) is 3.60. The van der Waals surface area contributed by atoms with Gasteiger partial charge < -0.3 is 9.88 Å². The van der Waals surface area contributed by atoms with Gasteiger partial charge in [0.25, 0.3) is 11.5 Å². The van der Waals surface area contributed by atoms with Crippen LogP contribution in [0.2, 0.25) is 0 Å². The molecule has 0 bridgehead atoms. The number of aromatic nitrogens is 1. The Kier molecular flexibility index (Phi) is 5.11. The number of fused-ring (bicyclic) bond motifs is 1. The third-order valence-corrected chi connectivity index (χ3v) is 5.63. The molecule has 1 aliphatic rings. The summed E-state index contributed by atoms with van der Waals surface area (Å²) in [6.45, 7) is 0. The van der Waals surface area contributed by atoms with Gasteiger partial charge in [-0.25, -0.2) is 0 Å². The van der Waals surface area contributed by atoms with Crippen molar-refractivity contribution in [1.29, 1.82) is 0 Å². The van der Waals surface area contributed by atoms with E-state index in [1.165, 1.54) is 15.7 Å². The number of carbonyl (C=O) groups excluding carboxylic acids is 1. The summed E-state index contributed by atoms with van der Waals surface area (Å²) in [6.07, 6.45) is 4.82. The number of amides is 1. The summed E-state index contributed by atoms with van der Waals surface area (Å²) >= 11 is 0. The van der Waals surface area contributed by atoms with Gasteiger partial charge in [-0.1, -0.05) is 54.6 Å². The van der Waals surface area contributed by atoms with E-state index in [1.54, 1.807) is 25.4 Å². The summed E-state index contributed by atoms with van der Waals surface area (Å²) in [4.78, 5) is 25.4. The average molecular weight is 372 g/mol. The molecule has 1 aliphatic carbocycles. The third kappa shape index (κ3) is 3.50. The number of benzene rings is 2. The van der Waals surface area contributed by atoms with E-state index in [0.717, 1.165) is 24.8 Å². The predicted molar refractivity (Wildman–Crippen MR) is 110 cm³/mol. The van der Waals surface area contributed by atoms with E-state index in [0.29, 0.717) is 0 Å². The lowest BCUT2D eigenvalue weighted by molar-refractivity contribution is 0.0926. The van der Waals surface area contributed by atoms with Crippen molar-refractivity contribution in [3.05, 3.63) is 106 Å². The van der Waals surface area contributed by atoms with Crippen molar-refractivity contribution in [2.45, 2.75) is 31.2 Å². The molecule has 1 aromatic heterocycles. The lowest BCUT2D eigenvalue weighted by atomic mass is 9.76. The van der Waals surface area contributed by atoms with Crippen LogP contribution in [0, 0.1) is 0 Å². The van der Waals surface area contributed by atoms with E-state index >= 15 is 0 Å². The van der Waals surface area contributed by atoms with Crippen LogP contribution >= 0.6 is 0 Å². The van der Waals surface area contributed by atoms with Gasteiger partial charge in [-0.05, 0) is 48.1 Å². The van der Waals surface area contributed by atoms with Crippen molar-refractivity contribution in [1.82, 2.24) is 9.88 Å². The van der Waals surface area contributed by atoms with Gasteiger partial charge in [-0.2, -0.15) is 0 Å². The van der Waals surface area contributed by atoms with Crippen LogP contribution in [0.25, 0.3) is 0 Å². The van der Waals surface area contributed by atoms with E-state index < -0.39 is 0 Å². The first kappa shape index (κ1) is 18.2. The van der Waals surface area contributed by atoms with Gasteiger partial charge in [0.05, 0.1) is 6.04 Å². The monoisotopic (exact) mass is 372 g/mol. The molecule has 0 spiro atoms. The maximum absolute atomic E-state index is 13.0. The Hall–Kier alpha value is -3.14. The highest BCUT2D eigenvalue weighted by molar-refractivity contribution is 5.94. The van der Waals surface area contributed by atoms with E-state index in [4.69, 9.17) is 0 Å². The molecule has 0 fully saturated rings. The molecule has 28 heavy (non-hydrogen) atoms. The molecule has 2 unspecified atom stereocenters. The Morgan fingerprint density at radius 1 is 1.04 bits per heavy atom. The molecule has 4 rings (SSSR count). The lowest BCUT2D eigenvalue weighted by Crippen LogP contribution is -2.37. The van der Waals surface area contributed by atoms with Crippen molar-refractivity contribution in [3.63, 3.8) is 0 Å². The van der Waals surface area contributed by atoms with Crippen LogP contribution in [0.4, 0.5) is 0 Å². The summed E-state index contributed by atoms with van der Waals surface area (Å²) in [5.74, 6) is -0.137. The van der Waals surface area contributed by atoms with Crippen molar-refractivity contribution >= 4 is 5.91 Å². The van der Waals surface area contributed by atoms with Crippen LogP contribution in [-0.4, -0.2) is 10.5 Å². The van der Waals surface area contributed by atoms with E-state index in [-0.39, 0.29) is 29.0 Å². The van der Waals surface area contributed by atoms with Gasteiger partial charge in [-0.3, -0.25) is 9.59 Å². The molecule has 142 valence electrons. The largest absolute Gasteiger partial charge is 0.344 e. The zero-order chi connectivity index (χ0) is 19.5. The fourth-order valence-electron chi connectivity index (χ4n) is 4.20. The standard InChI is InChI=1S/C24H24N2O2/c1-26-16-8-15-21(24(26)28)23(27)25-22(18-10-3-2-4-11-18)20-14-7-12-17-9-5-6-13-19(17)20/h2-6,8-11,13,15-16,20,22H,7,12,14H2,1H3,(H,25,27). The molecule has 3 aromatic rings. The normalized spacial score (nSPS) is 16.8. The molecule has 0 aliphatic heterocycles. The van der Waals surface area contributed by atoms with Gasteiger partial charge in [0.1, 0.15) is 5.56 Å². The molecule has 2 aromatic carbocycles. The van der Waals surface area contributed by atoms with Crippen LogP contribution in [-0.2, 0) is 13.5 Å². The van der Waals surface area contributed by atoms with Crippen molar-refractivity contribution < 1.29 is 4.79 Å². The SMILES string of the molecule is Cn1cccc(C(=O)NC(c2ccccc2)C2CCCc3ccccc32)c1=O. The summed E-state index contributed by atoms with van der Waals surface area (Å²) < 4.78 is 1.43. The molecule has 0 radical (unpaired) electrons. The van der Waals surface area contributed by atoms with Gasteiger partial charge >= 0.3 is 0 Å². The second-order valence-corrected chi connectivity index (χ2v) is 7.40. The molecular weight excluding hydrogens is 348 g/mol. The minimum Gasteiger partial charge on any atom is -0.344 e. The number of nitrogens with one attached hydrogen (secondary N) is 1. The van der Waals surface area contributed by atoms with Crippen LogP contribution in [0.15, 0.2) is 77.7 Å². The Bertz CT molecular complexity index is 1040. The minimum absolute atomic E-state index is 0.176. The number of aryl methyl sites for hydroxylation is 2. The summed E-state index contributed by atoms with van der Waals surface area (Å²) in [6, 6.07) is 21.7. The van der Waals surface area contributed by atoms with Gasteiger partial charge in [0, 0.05) is 19.2 Å².